The predicted octanol–water partition coefficient (Wildman–Crippen LogP) is 2.99. The number of carbonyl (C=O) groups is 1. The van der Waals surface area contributed by atoms with Crippen molar-refractivity contribution in [3.63, 3.8) is 0 Å². The normalized spacial score (nSPS) is 23.0. The summed E-state index contributed by atoms with van der Waals surface area (Å²) in [4.78, 5) is 11.2. The van der Waals surface area contributed by atoms with Crippen molar-refractivity contribution in [2.75, 3.05) is 13.7 Å². The van der Waals surface area contributed by atoms with Gasteiger partial charge in [0.2, 0.25) is 0 Å². The van der Waals surface area contributed by atoms with E-state index in [0.717, 1.165) is 24.8 Å². The summed E-state index contributed by atoms with van der Waals surface area (Å²) in [5, 5.41) is 12.5. The molecule has 3 unspecified atom stereocenters. The SMILES string of the molecule is COc1ccc(C(C)NCC2CCCC2C(=O)O)cc1F. The molecule has 0 saturated heterocycles. The summed E-state index contributed by atoms with van der Waals surface area (Å²) in [6, 6.07) is 4.86. The molecule has 0 amide bonds. The zero-order valence-electron chi connectivity index (χ0n) is 12.4. The summed E-state index contributed by atoms with van der Waals surface area (Å²) in [5.41, 5.74) is 0.832. The van der Waals surface area contributed by atoms with Crippen LogP contribution in [-0.2, 0) is 4.79 Å². The molecule has 21 heavy (non-hydrogen) atoms. The van der Waals surface area contributed by atoms with Crippen molar-refractivity contribution in [1.82, 2.24) is 5.32 Å². The lowest BCUT2D eigenvalue weighted by molar-refractivity contribution is -0.142. The molecule has 1 saturated carbocycles. The zero-order valence-corrected chi connectivity index (χ0v) is 12.4. The summed E-state index contributed by atoms with van der Waals surface area (Å²) in [5.74, 6) is -0.951. The minimum atomic E-state index is -0.706. The second kappa shape index (κ2) is 6.89. The van der Waals surface area contributed by atoms with Gasteiger partial charge in [0.1, 0.15) is 0 Å². The Labute approximate surface area is 124 Å². The Morgan fingerprint density at radius 3 is 2.90 bits per heavy atom. The van der Waals surface area contributed by atoms with Gasteiger partial charge < -0.3 is 15.2 Å². The van der Waals surface area contributed by atoms with Crippen LogP contribution in [0.25, 0.3) is 0 Å². The third-order valence-corrected chi connectivity index (χ3v) is 4.34. The molecule has 0 radical (unpaired) electrons. The number of carboxylic acid groups (broad SMARTS) is 1. The van der Waals surface area contributed by atoms with E-state index in [2.05, 4.69) is 5.32 Å². The fourth-order valence-corrected chi connectivity index (χ4v) is 3.00. The molecule has 0 aliphatic heterocycles. The quantitative estimate of drug-likeness (QED) is 0.847. The molecule has 116 valence electrons. The number of carboxylic acids is 1. The molecule has 1 aromatic rings. The lowest BCUT2D eigenvalue weighted by Crippen LogP contribution is -2.30. The summed E-state index contributed by atoms with van der Waals surface area (Å²) in [6.45, 7) is 2.59. The summed E-state index contributed by atoms with van der Waals surface area (Å²) in [7, 11) is 1.44. The Morgan fingerprint density at radius 1 is 1.52 bits per heavy atom. The van der Waals surface area contributed by atoms with Gasteiger partial charge in [-0.1, -0.05) is 12.5 Å². The molecule has 1 aliphatic rings. The molecule has 5 heteroatoms. The molecule has 1 aromatic carbocycles. The molecule has 4 nitrogen and oxygen atoms in total. The van der Waals surface area contributed by atoms with Gasteiger partial charge in [0.15, 0.2) is 11.6 Å². The van der Waals surface area contributed by atoms with E-state index in [1.165, 1.54) is 13.2 Å². The first-order valence-corrected chi connectivity index (χ1v) is 7.32. The first-order valence-electron chi connectivity index (χ1n) is 7.32. The average Bonchev–Trinajstić information content (AvgIpc) is 2.93. The number of nitrogens with one attached hydrogen (secondary N) is 1. The maximum absolute atomic E-state index is 13.7. The number of hydrogen-bond donors (Lipinski definition) is 2. The number of methoxy groups -OCH3 is 1. The smallest absolute Gasteiger partial charge is 0.306 e. The summed E-state index contributed by atoms with van der Waals surface area (Å²) in [6.07, 6.45) is 2.66. The zero-order chi connectivity index (χ0) is 15.4. The minimum absolute atomic E-state index is 0.0274. The van der Waals surface area contributed by atoms with Gasteiger partial charge in [0.05, 0.1) is 13.0 Å². The van der Waals surface area contributed by atoms with Crippen molar-refractivity contribution in [3.05, 3.63) is 29.6 Å². The fourth-order valence-electron chi connectivity index (χ4n) is 3.00. The molecular weight excluding hydrogens is 273 g/mol. The average molecular weight is 295 g/mol. The van der Waals surface area contributed by atoms with Gasteiger partial charge in [-0.25, -0.2) is 4.39 Å². The highest BCUT2D eigenvalue weighted by molar-refractivity contribution is 5.70. The Morgan fingerprint density at radius 2 is 2.29 bits per heavy atom. The maximum atomic E-state index is 13.7. The number of hydrogen-bond acceptors (Lipinski definition) is 3. The largest absolute Gasteiger partial charge is 0.494 e. The van der Waals surface area contributed by atoms with Crippen LogP contribution >= 0.6 is 0 Å². The highest BCUT2D eigenvalue weighted by Crippen LogP contribution is 2.32. The van der Waals surface area contributed by atoms with Gasteiger partial charge in [-0.3, -0.25) is 4.79 Å². The number of rotatable bonds is 6. The highest BCUT2D eigenvalue weighted by atomic mass is 19.1. The van der Waals surface area contributed by atoms with E-state index in [1.54, 1.807) is 6.07 Å². The molecule has 0 spiro atoms. The third kappa shape index (κ3) is 3.73. The van der Waals surface area contributed by atoms with E-state index in [-0.39, 0.29) is 29.4 Å². The lowest BCUT2D eigenvalue weighted by Gasteiger charge is -2.20. The molecular formula is C16H22FNO3. The Kier molecular flexibility index (Phi) is 5.17. The molecule has 2 N–H and O–H groups in total. The number of aliphatic carboxylic acids is 1. The monoisotopic (exact) mass is 295 g/mol. The van der Waals surface area contributed by atoms with E-state index in [4.69, 9.17) is 9.84 Å². The van der Waals surface area contributed by atoms with Crippen molar-refractivity contribution in [2.24, 2.45) is 11.8 Å². The van der Waals surface area contributed by atoms with E-state index in [9.17, 15) is 9.18 Å². The van der Waals surface area contributed by atoms with Crippen LogP contribution in [0.4, 0.5) is 4.39 Å². The third-order valence-electron chi connectivity index (χ3n) is 4.34. The predicted molar refractivity (Wildman–Crippen MR) is 77.8 cm³/mol. The van der Waals surface area contributed by atoms with Crippen LogP contribution in [0.15, 0.2) is 18.2 Å². The van der Waals surface area contributed by atoms with Crippen molar-refractivity contribution >= 4 is 5.97 Å². The van der Waals surface area contributed by atoms with E-state index in [0.29, 0.717) is 6.54 Å². The first-order chi connectivity index (χ1) is 10.0. The Balaban J connectivity index is 1.94. The second-order valence-electron chi connectivity index (χ2n) is 5.66. The minimum Gasteiger partial charge on any atom is -0.494 e. The van der Waals surface area contributed by atoms with Crippen molar-refractivity contribution < 1.29 is 19.0 Å². The van der Waals surface area contributed by atoms with Gasteiger partial charge in [-0.2, -0.15) is 0 Å². The molecule has 1 aliphatic carbocycles. The Hall–Kier alpha value is -1.62. The van der Waals surface area contributed by atoms with Gasteiger partial charge >= 0.3 is 5.97 Å². The maximum Gasteiger partial charge on any atom is 0.306 e. The van der Waals surface area contributed by atoms with Crippen molar-refractivity contribution in [2.45, 2.75) is 32.2 Å². The standard InChI is InChI=1S/C16H22FNO3/c1-10(11-6-7-15(21-2)14(17)8-11)18-9-12-4-3-5-13(12)16(19)20/h6-8,10,12-13,18H,3-5,9H2,1-2H3,(H,19,20). The van der Waals surface area contributed by atoms with Crippen LogP contribution in [0, 0.1) is 17.7 Å². The molecule has 2 rings (SSSR count). The van der Waals surface area contributed by atoms with Crippen molar-refractivity contribution in [1.29, 1.82) is 0 Å². The number of ether oxygens (including phenoxy) is 1. The molecule has 0 heterocycles. The van der Waals surface area contributed by atoms with E-state index >= 15 is 0 Å². The molecule has 0 bridgehead atoms. The van der Waals surface area contributed by atoms with Gasteiger partial charge in [0, 0.05) is 6.04 Å². The van der Waals surface area contributed by atoms with Crippen LogP contribution in [0.2, 0.25) is 0 Å². The Bertz CT molecular complexity index is 506. The molecule has 1 fully saturated rings. The number of halogens is 1. The highest BCUT2D eigenvalue weighted by Gasteiger charge is 2.32. The van der Waals surface area contributed by atoms with Gasteiger partial charge in [-0.05, 0) is 49.9 Å². The van der Waals surface area contributed by atoms with Crippen molar-refractivity contribution in [3.8, 4) is 5.75 Å². The number of benzene rings is 1. The van der Waals surface area contributed by atoms with Crippen LogP contribution in [0.5, 0.6) is 5.75 Å². The lowest BCUT2D eigenvalue weighted by atomic mass is 9.95. The second-order valence-corrected chi connectivity index (χ2v) is 5.66. The van der Waals surface area contributed by atoms with Crippen LogP contribution < -0.4 is 10.1 Å². The van der Waals surface area contributed by atoms with Crippen LogP contribution in [0.1, 0.15) is 37.8 Å². The summed E-state index contributed by atoms with van der Waals surface area (Å²) >= 11 is 0. The van der Waals surface area contributed by atoms with E-state index < -0.39 is 5.97 Å². The first kappa shape index (κ1) is 15.8. The fraction of sp³-hybridized carbons (Fsp3) is 0.562. The summed E-state index contributed by atoms with van der Waals surface area (Å²) < 4.78 is 18.6. The molecule has 3 atom stereocenters. The van der Waals surface area contributed by atoms with E-state index in [1.807, 2.05) is 13.0 Å². The molecule has 0 aromatic heterocycles. The van der Waals surface area contributed by atoms with Gasteiger partial charge in [-0.15, -0.1) is 0 Å². The van der Waals surface area contributed by atoms with Crippen LogP contribution in [0.3, 0.4) is 0 Å². The van der Waals surface area contributed by atoms with Gasteiger partial charge in [0.25, 0.3) is 0 Å². The van der Waals surface area contributed by atoms with Crippen LogP contribution in [-0.4, -0.2) is 24.7 Å². The topological polar surface area (TPSA) is 58.6 Å².